The van der Waals surface area contributed by atoms with Crippen LogP contribution in [0.4, 0.5) is 5.00 Å². The summed E-state index contributed by atoms with van der Waals surface area (Å²) < 4.78 is 5.37. The monoisotopic (exact) mass is 378 g/mol. The molecular formula is C20H30N2O3S. The van der Waals surface area contributed by atoms with Crippen LogP contribution in [0.15, 0.2) is 0 Å². The largest absolute Gasteiger partial charge is 0.381 e. The number of ether oxygens (including phenoxy) is 1. The van der Waals surface area contributed by atoms with Gasteiger partial charge in [-0.05, 0) is 36.7 Å². The lowest BCUT2D eigenvalue weighted by Crippen LogP contribution is -2.30. The zero-order chi connectivity index (χ0) is 19.3. The molecular weight excluding hydrogens is 348 g/mol. The zero-order valence-corrected chi connectivity index (χ0v) is 17.4. The molecule has 0 spiro atoms. The second-order valence-electron chi connectivity index (χ2n) is 8.79. The molecule has 0 bridgehead atoms. The van der Waals surface area contributed by atoms with E-state index in [9.17, 15) is 9.59 Å². The molecule has 1 unspecified atom stereocenters. The Bertz CT molecular complexity index is 716. The van der Waals surface area contributed by atoms with Crippen LogP contribution in [0.25, 0.3) is 0 Å². The van der Waals surface area contributed by atoms with E-state index >= 15 is 0 Å². The molecule has 1 saturated heterocycles. The molecule has 1 atom stereocenters. The predicted molar refractivity (Wildman–Crippen MR) is 105 cm³/mol. The maximum atomic E-state index is 12.8. The highest BCUT2D eigenvalue weighted by Gasteiger charge is 2.68. The lowest BCUT2D eigenvalue weighted by Gasteiger charge is -2.12. The molecule has 3 rings (SSSR count). The van der Waals surface area contributed by atoms with Gasteiger partial charge in [0.1, 0.15) is 5.00 Å². The van der Waals surface area contributed by atoms with Crippen LogP contribution in [-0.4, -0.2) is 31.6 Å². The maximum Gasteiger partial charge on any atom is 0.254 e. The van der Waals surface area contributed by atoms with Crippen LogP contribution in [0.3, 0.4) is 0 Å². The van der Waals surface area contributed by atoms with Crippen molar-refractivity contribution in [2.45, 2.75) is 48.0 Å². The van der Waals surface area contributed by atoms with Crippen molar-refractivity contribution < 1.29 is 14.3 Å². The van der Waals surface area contributed by atoms with Crippen LogP contribution < -0.4 is 10.6 Å². The van der Waals surface area contributed by atoms with Crippen molar-refractivity contribution in [1.29, 1.82) is 0 Å². The van der Waals surface area contributed by atoms with Crippen LogP contribution >= 0.6 is 11.3 Å². The van der Waals surface area contributed by atoms with Gasteiger partial charge in [0.2, 0.25) is 5.91 Å². The molecule has 0 aromatic carbocycles. The fourth-order valence-corrected chi connectivity index (χ4v) is 5.15. The van der Waals surface area contributed by atoms with E-state index in [1.165, 1.54) is 11.3 Å². The molecule has 1 aliphatic carbocycles. The summed E-state index contributed by atoms with van der Waals surface area (Å²) in [4.78, 5) is 26.7. The third-order valence-corrected chi connectivity index (χ3v) is 7.83. The van der Waals surface area contributed by atoms with Gasteiger partial charge in [0.25, 0.3) is 5.91 Å². The number of nitrogens with one attached hydrogen (secondary N) is 2. The number of rotatable bonds is 5. The lowest BCUT2D eigenvalue weighted by atomic mass is 10.0. The van der Waals surface area contributed by atoms with E-state index in [0.717, 1.165) is 23.5 Å². The summed E-state index contributed by atoms with van der Waals surface area (Å²) >= 11 is 1.48. The van der Waals surface area contributed by atoms with Crippen molar-refractivity contribution in [3.05, 3.63) is 16.0 Å². The minimum absolute atomic E-state index is 0.0134. The summed E-state index contributed by atoms with van der Waals surface area (Å²) in [5.41, 5.74) is 1.50. The van der Waals surface area contributed by atoms with Gasteiger partial charge in [0, 0.05) is 29.9 Å². The first-order valence-electron chi connectivity index (χ1n) is 9.34. The van der Waals surface area contributed by atoms with Gasteiger partial charge < -0.3 is 15.4 Å². The minimum Gasteiger partial charge on any atom is -0.381 e. The maximum absolute atomic E-state index is 12.8. The van der Waals surface area contributed by atoms with Gasteiger partial charge >= 0.3 is 0 Å². The quantitative estimate of drug-likeness (QED) is 0.820. The van der Waals surface area contributed by atoms with Gasteiger partial charge in [-0.1, -0.05) is 27.7 Å². The topological polar surface area (TPSA) is 67.4 Å². The number of hydrogen-bond donors (Lipinski definition) is 2. The fraction of sp³-hybridized carbons (Fsp3) is 0.700. The number of hydrogen-bond acceptors (Lipinski definition) is 4. The number of amides is 2. The molecule has 2 N–H and O–H groups in total. The van der Waals surface area contributed by atoms with E-state index in [0.29, 0.717) is 29.6 Å². The second-order valence-corrected chi connectivity index (χ2v) is 10.0. The van der Waals surface area contributed by atoms with E-state index in [2.05, 4.69) is 38.3 Å². The Hall–Kier alpha value is -1.40. The van der Waals surface area contributed by atoms with Crippen LogP contribution in [0, 0.1) is 36.5 Å². The molecule has 1 saturated carbocycles. The van der Waals surface area contributed by atoms with Gasteiger partial charge in [-0.15, -0.1) is 11.3 Å². The van der Waals surface area contributed by atoms with Gasteiger partial charge in [0.05, 0.1) is 12.2 Å². The Labute approximate surface area is 159 Å². The molecule has 0 radical (unpaired) electrons. The second kappa shape index (κ2) is 6.64. The number of anilines is 1. The normalized spacial score (nSPS) is 23.7. The van der Waals surface area contributed by atoms with Crippen molar-refractivity contribution in [2.24, 2.45) is 22.7 Å². The molecule has 2 fully saturated rings. The highest BCUT2D eigenvalue weighted by atomic mass is 32.1. The average Bonchev–Trinajstić information content (AvgIpc) is 2.97. The van der Waals surface area contributed by atoms with Crippen LogP contribution in [0.1, 0.15) is 54.9 Å². The molecule has 26 heavy (non-hydrogen) atoms. The van der Waals surface area contributed by atoms with Crippen molar-refractivity contribution in [2.75, 3.05) is 25.1 Å². The van der Waals surface area contributed by atoms with Gasteiger partial charge in [-0.25, -0.2) is 0 Å². The number of carbonyl (C=O) groups excluding carboxylic acids is 2. The highest BCUT2D eigenvalue weighted by molar-refractivity contribution is 7.16. The van der Waals surface area contributed by atoms with E-state index in [4.69, 9.17) is 4.74 Å². The zero-order valence-electron chi connectivity index (χ0n) is 16.6. The molecule has 144 valence electrons. The Morgan fingerprint density at radius 2 is 1.85 bits per heavy atom. The summed E-state index contributed by atoms with van der Waals surface area (Å²) in [6.45, 7) is 14.5. The van der Waals surface area contributed by atoms with Gasteiger partial charge in [-0.3, -0.25) is 9.59 Å². The first kappa shape index (κ1) is 19.4. The number of carbonyl (C=O) groups is 2. The molecule has 6 heteroatoms. The van der Waals surface area contributed by atoms with Crippen molar-refractivity contribution in [3.8, 4) is 0 Å². The minimum atomic E-state index is -0.108. The molecule has 1 aromatic rings. The highest BCUT2D eigenvalue weighted by Crippen LogP contribution is 2.68. The van der Waals surface area contributed by atoms with Gasteiger partial charge in [0.15, 0.2) is 0 Å². The molecule has 1 aromatic heterocycles. The molecule has 2 heterocycles. The summed E-state index contributed by atoms with van der Waals surface area (Å²) in [6, 6.07) is 0. The number of thiophene rings is 1. The fourth-order valence-electron chi connectivity index (χ4n) is 4.09. The smallest absolute Gasteiger partial charge is 0.254 e. The molecule has 2 amide bonds. The first-order chi connectivity index (χ1) is 12.1. The van der Waals surface area contributed by atoms with E-state index < -0.39 is 0 Å². The van der Waals surface area contributed by atoms with E-state index in [1.54, 1.807) is 0 Å². The van der Waals surface area contributed by atoms with Crippen LogP contribution in [-0.2, 0) is 9.53 Å². The molecule has 1 aliphatic heterocycles. The standard InChI is InChI=1S/C20H30N2O3S/c1-11-12(2)26-18(22-17(24)15-19(3,4)20(15,5)6)14(11)16(23)21-9-13-7-8-25-10-13/h13,15H,7-10H2,1-6H3,(H,21,23)(H,22,24). The first-order valence-corrected chi connectivity index (χ1v) is 10.2. The molecule has 5 nitrogen and oxygen atoms in total. The average molecular weight is 379 g/mol. The van der Waals surface area contributed by atoms with Gasteiger partial charge in [-0.2, -0.15) is 0 Å². The summed E-state index contributed by atoms with van der Waals surface area (Å²) in [5, 5.41) is 6.74. The Kier molecular flexibility index (Phi) is 4.95. The summed E-state index contributed by atoms with van der Waals surface area (Å²) in [7, 11) is 0. The Morgan fingerprint density at radius 3 is 2.38 bits per heavy atom. The predicted octanol–water partition coefficient (Wildman–Crippen LogP) is 3.75. The third-order valence-electron chi connectivity index (χ3n) is 6.71. The van der Waals surface area contributed by atoms with Crippen molar-refractivity contribution in [3.63, 3.8) is 0 Å². The van der Waals surface area contributed by atoms with Crippen LogP contribution in [0.2, 0.25) is 0 Å². The Balaban J connectivity index is 1.73. The van der Waals surface area contributed by atoms with E-state index in [-0.39, 0.29) is 28.6 Å². The summed E-state index contributed by atoms with van der Waals surface area (Å²) in [6.07, 6.45) is 0.983. The van der Waals surface area contributed by atoms with Crippen molar-refractivity contribution in [1.82, 2.24) is 5.32 Å². The SMILES string of the molecule is Cc1sc(NC(=O)C2C(C)(C)C2(C)C)c(C(=O)NCC2CCOC2)c1C. The van der Waals surface area contributed by atoms with Crippen molar-refractivity contribution >= 4 is 28.2 Å². The van der Waals surface area contributed by atoms with E-state index in [1.807, 2.05) is 13.8 Å². The summed E-state index contributed by atoms with van der Waals surface area (Å²) in [5.74, 6) is 0.247. The Morgan fingerprint density at radius 1 is 1.19 bits per heavy atom. The van der Waals surface area contributed by atoms with Crippen LogP contribution in [0.5, 0.6) is 0 Å². The third kappa shape index (κ3) is 3.18. The lowest BCUT2D eigenvalue weighted by molar-refractivity contribution is -0.118. The number of aryl methyl sites for hydroxylation is 1. The molecule has 2 aliphatic rings.